The predicted octanol–water partition coefficient (Wildman–Crippen LogP) is 1.39. The summed E-state index contributed by atoms with van der Waals surface area (Å²) in [6, 6.07) is 4.77. The maximum atomic E-state index is 13.8. The van der Waals surface area contributed by atoms with Crippen LogP contribution in [-0.4, -0.2) is 22.6 Å². The van der Waals surface area contributed by atoms with Crippen LogP contribution in [0.15, 0.2) is 23.0 Å². The molecule has 5 heteroatoms. The number of rotatable bonds is 1. The number of nitrogens with zero attached hydrogens (tertiary/aromatic N) is 1. The van der Waals surface area contributed by atoms with E-state index in [2.05, 4.69) is 10.3 Å². The minimum absolute atomic E-state index is 0.0434. The van der Waals surface area contributed by atoms with Gasteiger partial charge in [-0.25, -0.2) is 9.18 Å². The molecule has 1 unspecified atom stereocenters. The molecule has 90 valence electrons. The molecule has 1 aliphatic heterocycles. The van der Waals surface area contributed by atoms with E-state index in [0.717, 1.165) is 25.9 Å². The van der Waals surface area contributed by atoms with Gasteiger partial charge in [0.1, 0.15) is 11.3 Å². The summed E-state index contributed by atoms with van der Waals surface area (Å²) in [6.45, 7) is 1.69. The number of H-pyrrole nitrogens is 1. The SMILES string of the molecule is O=c1[nH]c2cccc(F)c2n1C1CCCNC1. The molecule has 17 heavy (non-hydrogen) atoms. The van der Waals surface area contributed by atoms with Gasteiger partial charge in [0.2, 0.25) is 0 Å². The Hall–Kier alpha value is -1.62. The summed E-state index contributed by atoms with van der Waals surface area (Å²) < 4.78 is 15.4. The normalized spacial score (nSPS) is 20.9. The summed E-state index contributed by atoms with van der Waals surface area (Å²) in [6.07, 6.45) is 1.92. The van der Waals surface area contributed by atoms with Gasteiger partial charge in [-0.15, -0.1) is 0 Å². The van der Waals surface area contributed by atoms with Crippen molar-refractivity contribution in [3.05, 3.63) is 34.5 Å². The van der Waals surface area contributed by atoms with Crippen LogP contribution in [0.5, 0.6) is 0 Å². The Kier molecular flexibility index (Phi) is 2.48. The van der Waals surface area contributed by atoms with Gasteiger partial charge in [-0.05, 0) is 31.5 Å². The van der Waals surface area contributed by atoms with Crippen molar-refractivity contribution in [3.8, 4) is 0 Å². The van der Waals surface area contributed by atoms with Crippen LogP contribution < -0.4 is 11.0 Å². The van der Waals surface area contributed by atoms with E-state index in [-0.39, 0.29) is 17.5 Å². The highest BCUT2D eigenvalue weighted by Crippen LogP contribution is 2.22. The van der Waals surface area contributed by atoms with E-state index in [1.807, 2.05) is 0 Å². The van der Waals surface area contributed by atoms with Gasteiger partial charge >= 0.3 is 5.69 Å². The number of imidazole rings is 1. The zero-order valence-corrected chi connectivity index (χ0v) is 9.37. The highest BCUT2D eigenvalue weighted by Gasteiger charge is 2.21. The van der Waals surface area contributed by atoms with E-state index in [1.165, 1.54) is 6.07 Å². The van der Waals surface area contributed by atoms with Crippen LogP contribution >= 0.6 is 0 Å². The second-order valence-electron chi connectivity index (χ2n) is 4.44. The molecule has 2 heterocycles. The Morgan fingerprint density at radius 3 is 3.06 bits per heavy atom. The lowest BCUT2D eigenvalue weighted by atomic mass is 10.1. The van der Waals surface area contributed by atoms with E-state index in [4.69, 9.17) is 0 Å². The van der Waals surface area contributed by atoms with Crippen molar-refractivity contribution < 1.29 is 4.39 Å². The zero-order valence-electron chi connectivity index (χ0n) is 9.37. The summed E-state index contributed by atoms with van der Waals surface area (Å²) in [5.74, 6) is -0.341. The van der Waals surface area contributed by atoms with Crippen molar-refractivity contribution >= 4 is 11.0 Å². The van der Waals surface area contributed by atoms with Gasteiger partial charge in [0.15, 0.2) is 0 Å². The summed E-state index contributed by atoms with van der Waals surface area (Å²) in [5, 5.41) is 3.24. The van der Waals surface area contributed by atoms with Crippen molar-refractivity contribution in [2.45, 2.75) is 18.9 Å². The van der Waals surface area contributed by atoms with Gasteiger partial charge in [0.25, 0.3) is 0 Å². The standard InChI is InChI=1S/C12H14FN3O/c13-9-4-1-5-10-11(9)16(12(17)15-10)8-3-2-6-14-7-8/h1,4-5,8,14H,2-3,6-7H2,(H,15,17). The van der Waals surface area contributed by atoms with Crippen LogP contribution in [0.4, 0.5) is 4.39 Å². The van der Waals surface area contributed by atoms with Gasteiger partial charge in [-0.2, -0.15) is 0 Å². The first-order chi connectivity index (χ1) is 8.27. The lowest BCUT2D eigenvalue weighted by Crippen LogP contribution is -2.35. The Morgan fingerprint density at radius 2 is 2.29 bits per heavy atom. The van der Waals surface area contributed by atoms with E-state index in [0.29, 0.717) is 11.0 Å². The number of aromatic amines is 1. The summed E-state index contributed by atoms with van der Waals surface area (Å²) in [7, 11) is 0. The third-order valence-corrected chi connectivity index (χ3v) is 3.32. The number of nitrogens with one attached hydrogen (secondary N) is 2. The van der Waals surface area contributed by atoms with Gasteiger partial charge in [-0.3, -0.25) is 4.57 Å². The summed E-state index contributed by atoms with van der Waals surface area (Å²) in [5.41, 5.74) is 0.741. The first kappa shape index (κ1) is 10.5. The number of halogens is 1. The number of fused-ring (bicyclic) bond motifs is 1. The molecule has 0 aliphatic carbocycles. The quantitative estimate of drug-likeness (QED) is 0.784. The fourth-order valence-electron chi connectivity index (χ4n) is 2.54. The van der Waals surface area contributed by atoms with Crippen molar-refractivity contribution in [1.82, 2.24) is 14.9 Å². The molecule has 2 aromatic rings. The fraction of sp³-hybridized carbons (Fsp3) is 0.417. The number of hydrogen-bond acceptors (Lipinski definition) is 2. The number of hydrogen-bond donors (Lipinski definition) is 2. The lowest BCUT2D eigenvalue weighted by Gasteiger charge is -2.23. The van der Waals surface area contributed by atoms with E-state index in [9.17, 15) is 9.18 Å². The minimum atomic E-state index is -0.341. The highest BCUT2D eigenvalue weighted by molar-refractivity contribution is 5.75. The van der Waals surface area contributed by atoms with Crippen molar-refractivity contribution in [2.75, 3.05) is 13.1 Å². The molecule has 2 N–H and O–H groups in total. The topological polar surface area (TPSA) is 49.8 Å². The second kappa shape index (κ2) is 4.00. The monoisotopic (exact) mass is 235 g/mol. The molecule has 1 aliphatic rings. The molecule has 0 saturated carbocycles. The molecule has 1 atom stereocenters. The zero-order chi connectivity index (χ0) is 11.8. The molecule has 0 spiro atoms. The Bertz CT molecular complexity index is 595. The van der Waals surface area contributed by atoms with Gasteiger partial charge < -0.3 is 10.3 Å². The van der Waals surface area contributed by atoms with Crippen molar-refractivity contribution in [3.63, 3.8) is 0 Å². The lowest BCUT2D eigenvalue weighted by molar-refractivity contribution is 0.370. The van der Waals surface area contributed by atoms with Gasteiger partial charge in [0, 0.05) is 6.54 Å². The average molecular weight is 235 g/mol. The molecular formula is C12H14FN3O. The molecule has 1 aromatic carbocycles. The molecule has 1 saturated heterocycles. The summed E-state index contributed by atoms with van der Waals surface area (Å²) in [4.78, 5) is 14.6. The van der Waals surface area contributed by atoms with E-state index >= 15 is 0 Å². The second-order valence-corrected chi connectivity index (χ2v) is 4.44. The molecule has 1 aromatic heterocycles. The average Bonchev–Trinajstić information content (AvgIpc) is 2.68. The number of benzene rings is 1. The van der Waals surface area contributed by atoms with Crippen LogP contribution in [0.25, 0.3) is 11.0 Å². The Balaban J connectivity index is 2.20. The van der Waals surface area contributed by atoms with Gasteiger partial charge in [-0.1, -0.05) is 6.07 Å². The van der Waals surface area contributed by atoms with Crippen LogP contribution in [0.2, 0.25) is 0 Å². The first-order valence-electron chi connectivity index (χ1n) is 5.87. The Morgan fingerprint density at radius 1 is 1.41 bits per heavy atom. The first-order valence-corrected chi connectivity index (χ1v) is 5.87. The van der Waals surface area contributed by atoms with Crippen LogP contribution in [0, 0.1) is 5.82 Å². The van der Waals surface area contributed by atoms with E-state index in [1.54, 1.807) is 16.7 Å². The molecule has 3 rings (SSSR count). The smallest absolute Gasteiger partial charge is 0.315 e. The van der Waals surface area contributed by atoms with Crippen molar-refractivity contribution in [2.24, 2.45) is 0 Å². The third kappa shape index (κ3) is 1.67. The molecule has 1 fully saturated rings. The number of piperidine rings is 1. The molecule has 4 nitrogen and oxygen atoms in total. The minimum Gasteiger partial charge on any atom is -0.315 e. The van der Waals surface area contributed by atoms with E-state index < -0.39 is 0 Å². The maximum Gasteiger partial charge on any atom is 0.326 e. The van der Waals surface area contributed by atoms with Crippen LogP contribution in [0.3, 0.4) is 0 Å². The number of para-hydroxylation sites is 1. The molecule has 0 amide bonds. The number of aromatic nitrogens is 2. The van der Waals surface area contributed by atoms with Crippen LogP contribution in [0.1, 0.15) is 18.9 Å². The maximum absolute atomic E-state index is 13.8. The predicted molar refractivity (Wildman–Crippen MR) is 63.7 cm³/mol. The fourth-order valence-corrected chi connectivity index (χ4v) is 2.54. The largest absolute Gasteiger partial charge is 0.326 e. The third-order valence-electron chi connectivity index (χ3n) is 3.32. The molecule has 0 radical (unpaired) electrons. The van der Waals surface area contributed by atoms with Crippen LogP contribution in [-0.2, 0) is 0 Å². The Labute approximate surface area is 97.4 Å². The van der Waals surface area contributed by atoms with Gasteiger partial charge in [0.05, 0.1) is 11.6 Å². The van der Waals surface area contributed by atoms with Crippen molar-refractivity contribution in [1.29, 1.82) is 0 Å². The summed E-state index contributed by atoms with van der Waals surface area (Å²) >= 11 is 0. The molecular weight excluding hydrogens is 221 g/mol. The highest BCUT2D eigenvalue weighted by atomic mass is 19.1. The molecule has 0 bridgehead atoms.